The highest BCUT2D eigenvalue weighted by Crippen LogP contribution is 2.44. The van der Waals surface area contributed by atoms with E-state index in [4.69, 9.17) is 0 Å². The maximum absolute atomic E-state index is 3.67. The van der Waals surface area contributed by atoms with Gasteiger partial charge in [0.1, 0.15) is 0 Å². The van der Waals surface area contributed by atoms with E-state index in [2.05, 4.69) is 46.5 Å². The van der Waals surface area contributed by atoms with E-state index in [1.54, 1.807) is 4.88 Å². The lowest BCUT2D eigenvalue weighted by Crippen LogP contribution is -2.29. The van der Waals surface area contributed by atoms with Crippen LogP contribution in [0.3, 0.4) is 0 Å². The van der Waals surface area contributed by atoms with Crippen molar-refractivity contribution in [2.45, 2.75) is 45.1 Å². The summed E-state index contributed by atoms with van der Waals surface area (Å²) in [5, 5.41) is 5.79. The summed E-state index contributed by atoms with van der Waals surface area (Å²) in [5.41, 5.74) is 0. The Balaban J connectivity index is 2.01. The Labute approximate surface area is 111 Å². The number of halogens is 1. The summed E-state index contributed by atoms with van der Waals surface area (Å²) in [6.45, 7) is 5.63. The van der Waals surface area contributed by atoms with Gasteiger partial charge in [0.05, 0.1) is 0 Å². The first kappa shape index (κ1) is 12.6. The van der Waals surface area contributed by atoms with Gasteiger partial charge < -0.3 is 5.32 Å². The summed E-state index contributed by atoms with van der Waals surface area (Å²) in [6, 6.07) is 2.79. The van der Waals surface area contributed by atoms with E-state index in [9.17, 15) is 0 Å². The summed E-state index contributed by atoms with van der Waals surface area (Å²) in [6.07, 6.45) is 4.14. The third-order valence-electron chi connectivity index (χ3n) is 3.43. The van der Waals surface area contributed by atoms with Gasteiger partial charge in [0.15, 0.2) is 0 Å². The van der Waals surface area contributed by atoms with Crippen LogP contribution in [0.5, 0.6) is 0 Å². The molecule has 0 radical (unpaired) electrons. The van der Waals surface area contributed by atoms with Crippen LogP contribution in [0.1, 0.15) is 43.9 Å². The van der Waals surface area contributed by atoms with Gasteiger partial charge in [0, 0.05) is 15.4 Å². The van der Waals surface area contributed by atoms with Crippen LogP contribution in [0.25, 0.3) is 0 Å². The molecule has 0 spiro atoms. The molecule has 0 saturated heterocycles. The molecule has 1 aromatic heterocycles. The van der Waals surface area contributed by atoms with Crippen molar-refractivity contribution in [3.8, 4) is 0 Å². The van der Waals surface area contributed by atoms with Gasteiger partial charge in [-0.15, -0.1) is 11.3 Å². The molecule has 0 aliphatic heterocycles. The Bertz CT molecular complexity index is 334. The number of thiophene rings is 1. The average Bonchev–Trinajstić information content (AvgIpc) is 2.82. The number of nitrogens with one attached hydrogen (secondary N) is 1. The smallest absolute Gasteiger partial charge is 0.0317 e. The summed E-state index contributed by atoms with van der Waals surface area (Å²) in [7, 11) is 0. The fourth-order valence-electron chi connectivity index (χ4n) is 2.58. The van der Waals surface area contributed by atoms with E-state index >= 15 is 0 Å². The Hall–Kier alpha value is 0.140. The van der Waals surface area contributed by atoms with Crippen molar-refractivity contribution in [1.82, 2.24) is 5.32 Å². The second kappa shape index (κ2) is 5.65. The SMILES string of the molecule is CC(C)NCC1CCCC1c1sccc1Br. The predicted octanol–water partition coefficient (Wildman–Crippen LogP) is 4.39. The third-order valence-corrected chi connectivity index (χ3v) is 5.43. The molecule has 2 rings (SSSR count). The van der Waals surface area contributed by atoms with E-state index < -0.39 is 0 Å². The largest absolute Gasteiger partial charge is 0.314 e. The van der Waals surface area contributed by atoms with Crippen LogP contribution in [-0.4, -0.2) is 12.6 Å². The first-order chi connectivity index (χ1) is 7.68. The normalized spacial score (nSPS) is 25.5. The van der Waals surface area contributed by atoms with Gasteiger partial charge in [-0.3, -0.25) is 0 Å². The molecule has 0 bridgehead atoms. The topological polar surface area (TPSA) is 12.0 Å². The molecular formula is C13H20BrNS. The molecule has 1 aliphatic carbocycles. The molecule has 90 valence electrons. The van der Waals surface area contributed by atoms with Gasteiger partial charge >= 0.3 is 0 Å². The zero-order valence-electron chi connectivity index (χ0n) is 10.0. The first-order valence-corrected chi connectivity index (χ1v) is 7.82. The maximum atomic E-state index is 3.67. The van der Waals surface area contributed by atoms with Crippen LogP contribution in [0.15, 0.2) is 15.9 Å². The van der Waals surface area contributed by atoms with Crippen molar-refractivity contribution in [1.29, 1.82) is 0 Å². The molecule has 3 heteroatoms. The fraction of sp³-hybridized carbons (Fsp3) is 0.692. The Kier molecular flexibility index (Phi) is 4.45. The molecule has 0 amide bonds. The van der Waals surface area contributed by atoms with Crippen molar-refractivity contribution in [3.05, 3.63) is 20.8 Å². The molecule has 1 N–H and O–H groups in total. The van der Waals surface area contributed by atoms with E-state index in [0.717, 1.165) is 11.8 Å². The second-order valence-electron chi connectivity index (χ2n) is 4.99. The highest BCUT2D eigenvalue weighted by molar-refractivity contribution is 9.10. The lowest BCUT2D eigenvalue weighted by Gasteiger charge is -2.21. The van der Waals surface area contributed by atoms with Crippen molar-refractivity contribution in [2.75, 3.05) is 6.54 Å². The minimum atomic E-state index is 0.605. The molecule has 1 nitrogen and oxygen atoms in total. The van der Waals surface area contributed by atoms with Crippen molar-refractivity contribution < 1.29 is 0 Å². The highest BCUT2D eigenvalue weighted by atomic mass is 79.9. The molecule has 2 unspecified atom stereocenters. The zero-order valence-corrected chi connectivity index (χ0v) is 12.4. The van der Waals surface area contributed by atoms with Gasteiger partial charge in [-0.25, -0.2) is 0 Å². The Morgan fingerprint density at radius 1 is 1.50 bits per heavy atom. The van der Waals surface area contributed by atoms with E-state index in [1.165, 1.54) is 30.3 Å². The molecule has 1 aromatic rings. The molecule has 1 saturated carbocycles. The summed E-state index contributed by atoms with van der Waals surface area (Å²) >= 11 is 5.58. The molecule has 2 atom stereocenters. The maximum Gasteiger partial charge on any atom is 0.0317 e. The van der Waals surface area contributed by atoms with E-state index in [0.29, 0.717) is 6.04 Å². The standard InChI is InChI=1S/C13H20BrNS/c1-9(2)15-8-10-4-3-5-11(10)13-12(14)6-7-16-13/h6-7,9-11,15H,3-5,8H2,1-2H3. The van der Waals surface area contributed by atoms with Gasteiger partial charge in [-0.05, 0) is 58.6 Å². The lowest BCUT2D eigenvalue weighted by molar-refractivity contribution is 0.425. The molecule has 1 heterocycles. The number of rotatable bonds is 4. The van der Waals surface area contributed by atoms with Crippen molar-refractivity contribution >= 4 is 27.3 Å². The van der Waals surface area contributed by atoms with Gasteiger partial charge in [-0.2, -0.15) is 0 Å². The van der Waals surface area contributed by atoms with Crippen LogP contribution in [0, 0.1) is 5.92 Å². The van der Waals surface area contributed by atoms with Crippen molar-refractivity contribution in [3.63, 3.8) is 0 Å². The Morgan fingerprint density at radius 3 is 2.94 bits per heavy atom. The molecule has 0 aromatic carbocycles. The monoisotopic (exact) mass is 301 g/mol. The quantitative estimate of drug-likeness (QED) is 0.869. The second-order valence-corrected chi connectivity index (χ2v) is 6.80. The minimum absolute atomic E-state index is 0.605. The van der Waals surface area contributed by atoms with Crippen LogP contribution >= 0.6 is 27.3 Å². The van der Waals surface area contributed by atoms with Crippen LogP contribution < -0.4 is 5.32 Å². The van der Waals surface area contributed by atoms with Gasteiger partial charge in [0.2, 0.25) is 0 Å². The average molecular weight is 302 g/mol. The Morgan fingerprint density at radius 2 is 2.31 bits per heavy atom. The number of hydrogen-bond acceptors (Lipinski definition) is 2. The third kappa shape index (κ3) is 2.88. The van der Waals surface area contributed by atoms with Crippen molar-refractivity contribution in [2.24, 2.45) is 5.92 Å². The van der Waals surface area contributed by atoms with Crippen LogP contribution in [0.4, 0.5) is 0 Å². The molecule has 1 aliphatic rings. The number of hydrogen-bond donors (Lipinski definition) is 1. The van der Waals surface area contributed by atoms with Gasteiger partial charge in [0.25, 0.3) is 0 Å². The minimum Gasteiger partial charge on any atom is -0.314 e. The van der Waals surface area contributed by atoms with Gasteiger partial charge in [-0.1, -0.05) is 20.3 Å². The molecule has 1 fully saturated rings. The fourth-order valence-corrected chi connectivity index (χ4v) is 4.48. The summed E-state index contributed by atoms with van der Waals surface area (Å²) < 4.78 is 1.32. The zero-order chi connectivity index (χ0) is 11.5. The molecule has 16 heavy (non-hydrogen) atoms. The van der Waals surface area contributed by atoms with E-state index in [-0.39, 0.29) is 0 Å². The van der Waals surface area contributed by atoms with Crippen LogP contribution in [0.2, 0.25) is 0 Å². The van der Waals surface area contributed by atoms with Crippen LogP contribution in [-0.2, 0) is 0 Å². The summed E-state index contributed by atoms with van der Waals surface area (Å²) in [4.78, 5) is 1.56. The van der Waals surface area contributed by atoms with E-state index in [1.807, 2.05) is 11.3 Å². The highest BCUT2D eigenvalue weighted by Gasteiger charge is 2.30. The lowest BCUT2D eigenvalue weighted by atomic mass is 9.94. The predicted molar refractivity (Wildman–Crippen MR) is 75.2 cm³/mol. The molecular weight excluding hydrogens is 282 g/mol. The first-order valence-electron chi connectivity index (χ1n) is 6.14. The summed E-state index contributed by atoms with van der Waals surface area (Å²) in [5.74, 6) is 1.61.